The maximum atomic E-state index is 11.8. The molecule has 1 heterocycles. The van der Waals surface area contributed by atoms with Crippen molar-refractivity contribution in [2.75, 3.05) is 30.9 Å². The molecule has 0 aromatic carbocycles. The summed E-state index contributed by atoms with van der Waals surface area (Å²) in [5.41, 5.74) is 0. The van der Waals surface area contributed by atoms with Gasteiger partial charge in [-0.05, 0) is 33.3 Å². The molecule has 136 valence electrons. The minimum Gasteiger partial charge on any atom is -0.463 e. The van der Waals surface area contributed by atoms with E-state index in [1.54, 1.807) is 6.20 Å². The normalized spacial score (nSPS) is 11.9. The van der Waals surface area contributed by atoms with Gasteiger partial charge in [0.2, 0.25) is 5.75 Å². The van der Waals surface area contributed by atoms with E-state index in [2.05, 4.69) is 23.7 Å². The van der Waals surface area contributed by atoms with Crippen LogP contribution in [0.3, 0.4) is 0 Å². The molecule has 1 aromatic rings. The molecule has 1 unspecified atom stereocenters. The standard InChI is InChI=1S/C17H28N2O4S/c1-6-13(4)22-15(20)10-12-24-14-9-11-18-17(16(14)23-21-5)19(7-2)8-3/h9,11,13H,6-8,10,12H2,1-5H3. The minimum atomic E-state index is -0.177. The van der Waals surface area contributed by atoms with Gasteiger partial charge in [0.25, 0.3) is 0 Å². The maximum absolute atomic E-state index is 11.8. The van der Waals surface area contributed by atoms with E-state index in [4.69, 9.17) is 14.5 Å². The third-order valence-electron chi connectivity index (χ3n) is 3.55. The number of pyridine rings is 1. The average Bonchev–Trinajstić information content (AvgIpc) is 2.58. The summed E-state index contributed by atoms with van der Waals surface area (Å²) in [4.78, 5) is 29.4. The van der Waals surface area contributed by atoms with Crippen LogP contribution in [0.2, 0.25) is 0 Å². The van der Waals surface area contributed by atoms with Gasteiger partial charge < -0.3 is 14.5 Å². The molecule has 0 saturated heterocycles. The predicted octanol–water partition coefficient (Wildman–Crippen LogP) is 3.69. The van der Waals surface area contributed by atoms with Crippen LogP contribution in [0, 0.1) is 0 Å². The summed E-state index contributed by atoms with van der Waals surface area (Å²) in [6.07, 6.45) is 2.88. The average molecular weight is 356 g/mol. The lowest BCUT2D eigenvalue weighted by molar-refractivity contribution is -0.179. The van der Waals surface area contributed by atoms with Gasteiger partial charge in [-0.2, -0.15) is 4.89 Å². The molecule has 0 bridgehead atoms. The highest BCUT2D eigenvalue weighted by atomic mass is 32.2. The zero-order chi connectivity index (χ0) is 17.9. The first-order valence-electron chi connectivity index (χ1n) is 8.34. The fraction of sp³-hybridized carbons (Fsp3) is 0.647. The van der Waals surface area contributed by atoms with Crippen molar-refractivity contribution in [3.8, 4) is 5.75 Å². The summed E-state index contributed by atoms with van der Waals surface area (Å²) in [6.45, 7) is 9.65. The van der Waals surface area contributed by atoms with Crippen LogP contribution in [-0.2, 0) is 14.4 Å². The maximum Gasteiger partial charge on any atom is 0.306 e. The van der Waals surface area contributed by atoms with Crippen molar-refractivity contribution in [1.29, 1.82) is 0 Å². The van der Waals surface area contributed by atoms with E-state index in [0.717, 1.165) is 30.2 Å². The van der Waals surface area contributed by atoms with Gasteiger partial charge in [-0.25, -0.2) is 4.98 Å². The first-order valence-corrected chi connectivity index (χ1v) is 9.32. The van der Waals surface area contributed by atoms with Gasteiger partial charge in [-0.3, -0.25) is 4.79 Å². The first kappa shape index (κ1) is 20.6. The Balaban J connectivity index is 2.76. The lowest BCUT2D eigenvalue weighted by atomic mass is 10.3. The van der Waals surface area contributed by atoms with Crippen LogP contribution in [0.5, 0.6) is 5.75 Å². The fourth-order valence-corrected chi connectivity index (χ4v) is 2.96. The molecule has 6 nitrogen and oxygen atoms in total. The molecule has 0 N–H and O–H groups in total. The Bertz CT molecular complexity index is 509. The smallest absolute Gasteiger partial charge is 0.306 e. The van der Waals surface area contributed by atoms with Crippen molar-refractivity contribution in [2.45, 2.75) is 51.5 Å². The van der Waals surface area contributed by atoms with Gasteiger partial charge in [-0.1, -0.05) is 6.92 Å². The molecule has 0 radical (unpaired) electrons. The summed E-state index contributed by atoms with van der Waals surface area (Å²) >= 11 is 1.53. The number of carbonyl (C=O) groups excluding carboxylic acids is 1. The first-order chi connectivity index (χ1) is 11.6. The molecule has 0 saturated carbocycles. The summed E-state index contributed by atoms with van der Waals surface area (Å²) in [7, 11) is 1.47. The van der Waals surface area contributed by atoms with Crippen LogP contribution < -0.4 is 9.79 Å². The highest BCUT2D eigenvalue weighted by Crippen LogP contribution is 2.36. The number of hydrogen-bond acceptors (Lipinski definition) is 7. The van der Waals surface area contributed by atoms with E-state index in [-0.39, 0.29) is 12.1 Å². The summed E-state index contributed by atoms with van der Waals surface area (Å²) in [5.74, 6) is 1.76. The lowest BCUT2D eigenvalue weighted by Gasteiger charge is -2.22. The van der Waals surface area contributed by atoms with Gasteiger partial charge in [-0.15, -0.1) is 11.8 Å². The third kappa shape index (κ3) is 6.20. The Hall–Kier alpha value is -1.47. The number of carbonyl (C=O) groups is 1. The molecule has 24 heavy (non-hydrogen) atoms. The SMILES string of the molecule is CCC(C)OC(=O)CCSc1ccnc(N(CC)CC)c1OOC. The molecule has 0 aliphatic heterocycles. The molecular formula is C17H28N2O4S. The molecule has 7 heteroatoms. The number of aromatic nitrogens is 1. The fourth-order valence-electron chi connectivity index (χ4n) is 2.05. The minimum absolute atomic E-state index is 0.0370. The molecule has 1 rings (SSSR count). The zero-order valence-corrected chi connectivity index (χ0v) is 16.0. The van der Waals surface area contributed by atoms with E-state index in [1.165, 1.54) is 18.9 Å². The molecule has 0 aliphatic carbocycles. The second kappa shape index (κ2) is 11.1. The lowest BCUT2D eigenvalue weighted by Crippen LogP contribution is -2.23. The summed E-state index contributed by atoms with van der Waals surface area (Å²) in [6, 6.07) is 1.87. The second-order valence-corrected chi connectivity index (χ2v) is 6.33. The van der Waals surface area contributed by atoms with Gasteiger partial charge in [0.15, 0.2) is 5.82 Å². The Morgan fingerprint density at radius 2 is 2.04 bits per heavy atom. The van der Waals surface area contributed by atoms with Crippen molar-refractivity contribution in [3.63, 3.8) is 0 Å². The predicted molar refractivity (Wildman–Crippen MR) is 96.6 cm³/mol. The Morgan fingerprint density at radius 3 is 2.62 bits per heavy atom. The number of anilines is 1. The van der Waals surface area contributed by atoms with Crippen molar-refractivity contribution in [2.24, 2.45) is 0 Å². The molecule has 0 amide bonds. The third-order valence-corrected chi connectivity index (χ3v) is 4.59. The van der Waals surface area contributed by atoms with Gasteiger partial charge >= 0.3 is 5.97 Å². The number of nitrogens with zero attached hydrogens (tertiary/aromatic N) is 2. The number of hydrogen-bond donors (Lipinski definition) is 0. The monoisotopic (exact) mass is 356 g/mol. The largest absolute Gasteiger partial charge is 0.463 e. The van der Waals surface area contributed by atoms with E-state index in [1.807, 2.05) is 19.9 Å². The van der Waals surface area contributed by atoms with Crippen molar-refractivity contribution in [1.82, 2.24) is 4.98 Å². The number of ether oxygens (including phenoxy) is 1. The molecule has 1 atom stereocenters. The van der Waals surface area contributed by atoms with E-state index in [0.29, 0.717) is 17.9 Å². The van der Waals surface area contributed by atoms with Gasteiger partial charge in [0, 0.05) is 25.0 Å². The number of esters is 1. The van der Waals surface area contributed by atoms with Crippen LogP contribution in [0.25, 0.3) is 0 Å². The molecule has 0 fully saturated rings. The van der Waals surface area contributed by atoms with Crippen LogP contribution in [0.4, 0.5) is 5.82 Å². The molecule has 0 aliphatic rings. The second-order valence-electron chi connectivity index (χ2n) is 5.19. The topological polar surface area (TPSA) is 60.9 Å². The molecule has 1 aromatic heterocycles. The number of rotatable bonds is 11. The summed E-state index contributed by atoms with van der Waals surface area (Å²) < 4.78 is 5.28. The molecule has 0 spiro atoms. The number of thioether (sulfide) groups is 1. The van der Waals surface area contributed by atoms with Crippen molar-refractivity contribution < 1.29 is 19.3 Å². The molecular weight excluding hydrogens is 328 g/mol. The zero-order valence-electron chi connectivity index (χ0n) is 15.2. The van der Waals surface area contributed by atoms with Crippen LogP contribution in [0.15, 0.2) is 17.2 Å². The van der Waals surface area contributed by atoms with Crippen LogP contribution in [0.1, 0.15) is 40.5 Å². The highest BCUT2D eigenvalue weighted by molar-refractivity contribution is 7.99. The van der Waals surface area contributed by atoms with E-state index in [9.17, 15) is 4.79 Å². The van der Waals surface area contributed by atoms with Gasteiger partial charge in [0.1, 0.15) is 0 Å². The van der Waals surface area contributed by atoms with Crippen LogP contribution in [-0.4, -0.2) is 43.0 Å². The Labute approximate surface area is 148 Å². The Kier molecular flexibility index (Phi) is 9.56. The van der Waals surface area contributed by atoms with Crippen molar-refractivity contribution in [3.05, 3.63) is 12.3 Å². The van der Waals surface area contributed by atoms with Crippen molar-refractivity contribution >= 4 is 23.5 Å². The summed E-state index contributed by atoms with van der Waals surface area (Å²) in [5, 5.41) is 0. The van der Waals surface area contributed by atoms with Gasteiger partial charge in [0.05, 0.1) is 24.5 Å². The van der Waals surface area contributed by atoms with Crippen LogP contribution >= 0.6 is 11.8 Å². The Morgan fingerprint density at radius 1 is 1.33 bits per heavy atom. The quantitative estimate of drug-likeness (QED) is 0.259. The van der Waals surface area contributed by atoms with E-state index >= 15 is 0 Å². The van der Waals surface area contributed by atoms with E-state index < -0.39 is 0 Å². The highest BCUT2D eigenvalue weighted by Gasteiger charge is 2.18.